The molecule has 1 aliphatic rings. The molecule has 108 valence electrons. The Balaban J connectivity index is 1.87. The zero-order valence-corrected chi connectivity index (χ0v) is 13.3. The minimum atomic E-state index is 0.659. The lowest BCUT2D eigenvalue weighted by Crippen LogP contribution is -2.23. The molecule has 20 heavy (non-hydrogen) atoms. The summed E-state index contributed by atoms with van der Waals surface area (Å²) in [5.41, 5.74) is 0.920. The van der Waals surface area contributed by atoms with Gasteiger partial charge in [0, 0.05) is 25.0 Å². The molecule has 1 saturated heterocycles. The van der Waals surface area contributed by atoms with Crippen LogP contribution in [0.4, 0.5) is 5.13 Å². The van der Waals surface area contributed by atoms with Crippen LogP contribution in [0.1, 0.15) is 32.6 Å². The van der Waals surface area contributed by atoms with Crippen LogP contribution in [-0.4, -0.2) is 32.8 Å². The fourth-order valence-electron chi connectivity index (χ4n) is 2.58. The number of hydrogen-bond acceptors (Lipinski definition) is 5. The van der Waals surface area contributed by atoms with Crippen molar-refractivity contribution in [2.45, 2.75) is 39.2 Å². The molecule has 0 amide bonds. The van der Waals surface area contributed by atoms with E-state index in [1.807, 2.05) is 4.57 Å². The van der Waals surface area contributed by atoms with Crippen molar-refractivity contribution in [1.29, 1.82) is 0 Å². The van der Waals surface area contributed by atoms with Gasteiger partial charge < -0.3 is 4.90 Å². The summed E-state index contributed by atoms with van der Waals surface area (Å²) in [6.45, 7) is 5.11. The van der Waals surface area contributed by atoms with Gasteiger partial charge in [-0.25, -0.2) is 4.98 Å². The van der Waals surface area contributed by atoms with Crippen LogP contribution in [0.25, 0.3) is 11.5 Å². The van der Waals surface area contributed by atoms with Gasteiger partial charge in [0.05, 0.1) is 0 Å². The third-order valence-corrected chi connectivity index (χ3v) is 4.89. The molecular weight excluding hydrogens is 290 g/mol. The molecule has 0 spiro atoms. The van der Waals surface area contributed by atoms with Crippen LogP contribution in [0.3, 0.4) is 0 Å². The third kappa shape index (κ3) is 2.64. The standard InChI is InChI=1S/C13H19N5S2/c1-2-18-11(15-16-12(18)19)10-9-20-13(14-10)17-7-5-3-4-6-8-17/h9H,2-8H2,1H3,(H,16,19). The van der Waals surface area contributed by atoms with E-state index < -0.39 is 0 Å². The van der Waals surface area contributed by atoms with Crippen molar-refractivity contribution in [3.63, 3.8) is 0 Å². The molecule has 1 fully saturated rings. The lowest BCUT2D eigenvalue weighted by Gasteiger charge is -2.18. The van der Waals surface area contributed by atoms with Gasteiger partial charge in [0.15, 0.2) is 15.7 Å². The van der Waals surface area contributed by atoms with Gasteiger partial charge >= 0.3 is 0 Å². The Morgan fingerprint density at radius 2 is 2.05 bits per heavy atom. The highest BCUT2D eigenvalue weighted by Gasteiger charge is 2.16. The maximum atomic E-state index is 5.23. The van der Waals surface area contributed by atoms with Crippen molar-refractivity contribution in [3.05, 3.63) is 10.2 Å². The van der Waals surface area contributed by atoms with E-state index in [1.54, 1.807) is 11.3 Å². The van der Waals surface area contributed by atoms with Crippen molar-refractivity contribution in [3.8, 4) is 11.5 Å². The smallest absolute Gasteiger partial charge is 0.195 e. The molecule has 1 aliphatic heterocycles. The number of nitrogens with zero attached hydrogens (tertiary/aromatic N) is 4. The summed E-state index contributed by atoms with van der Waals surface area (Å²) in [4.78, 5) is 7.16. The largest absolute Gasteiger partial charge is 0.348 e. The van der Waals surface area contributed by atoms with Crippen molar-refractivity contribution >= 4 is 28.7 Å². The summed E-state index contributed by atoms with van der Waals surface area (Å²) in [7, 11) is 0. The first-order chi connectivity index (χ1) is 9.79. The van der Waals surface area contributed by atoms with Crippen LogP contribution >= 0.6 is 23.6 Å². The summed E-state index contributed by atoms with van der Waals surface area (Å²) in [6, 6.07) is 0. The highest BCUT2D eigenvalue weighted by atomic mass is 32.1. The number of hydrogen-bond donors (Lipinski definition) is 1. The zero-order chi connectivity index (χ0) is 13.9. The molecule has 7 heteroatoms. The van der Waals surface area contributed by atoms with E-state index in [0.29, 0.717) is 4.77 Å². The highest BCUT2D eigenvalue weighted by Crippen LogP contribution is 2.28. The fourth-order valence-corrected chi connectivity index (χ4v) is 3.70. The summed E-state index contributed by atoms with van der Waals surface area (Å²) < 4.78 is 2.64. The number of aromatic amines is 1. The maximum absolute atomic E-state index is 5.23. The van der Waals surface area contributed by atoms with Gasteiger partial charge in [0.1, 0.15) is 5.69 Å². The van der Waals surface area contributed by atoms with Gasteiger partial charge in [-0.1, -0.05) is 12.8 Å². The van der Waals surface area contributed by atoms with Crippen LogP contribution in [0.5, 0.6) is 0 Å². The van der Waals surface area contributed by atoms with Crippen molar-refractivity contribution in [2.75, 3.05) is 18.0 Å². The predicted octanol–water partition coefficient (Wildman–Crippen LogP) is 3.46. The second kappa shape index (κ2) is 6.05. The second-order valence-corrected chi connectivity index (χ2v) is 6.24. The van der Waals surface area contributed by atoms with E-state index in [1.165, 1.54) is 25.7 Å². The Morgan fingerprint density at radius 1 is 1.30 bits per heavy atom. The van der Waals surface area contributed by atoms with E-state index in [2.05, 4.69) is 27.4 Å². The van der Waals surface area contributed by atoms with Crippen LogP contribution in [-0.2, 0) is 6.54 Å². The second-order valence-electron chi connectivity index (χ2n) is 5.01. The van der Waals surface area contributed by atoms with Gasteiger partial charge in [-0.2, -0.15) is 5.10 Å². The molecule has 0 bridgehead atoms. The van der Waals surface area contributed by atoms with Gasteiger partial charge in [0.25, 0.3) is 0 Å². The summed E-state index contributed by atoms with van der Waals surface area (Å²) >= 11 is 6.93. The molecule has 3 rings (SSSR count). The quantitative estimate of drug-likeness (QED) is 0.882. The van der Waals surface area contributed by atoms with Crippen LogP contribution < -0.4 is 4.90 Å². The summed E-state index contributed by atoms with van der Waals surface area (Å²) in [5.74, 6) is 0.842. The first-order valence-corrected chi connectivity index (χ1v) is 8.44. The SMILES string of the molecule is CCn1c(-c2csc(N3CCCCCC3)n2)n[nH]c1=S. The van der Waals surface area contributed by atoms with Crippen molar-refractivity contribution in [2.24, 2.45) is 0 Å². The molecule has 2 aromatic rings. The van der Waals surface area contributed by atoms with Gasteiger partial charge in [0.2, 0.25) is 0 Å². The van der Waals surface area contributed by atoms with E-state index >= 15 is 0 Å². The minimum Gasteiger partial charge on any atom is -0.348 e. The normalized spacial score (nSPS) is 16.4. The number of aromatic nitrogens is 4. The molecule has 2 aromatic heterocycles. The molecule has 5 nitrogen and oxygen atoms in total. The predicted molar refractivity (Wildman–Crippen MR) is 84.9 cm³/mol. The molecular formula is C13H19N5S2. The topological polar surface area (TPSA) is 49.7 Å². The number of anilines is 1. The molecule has 0 saturated carbocycles. The van der Waals surface area contributed by atoms with Crippen LogP contribution in [0.15, 0.2) is 5.38 Å². The number of H-pyrrole nitrogens is 1. The Labute approximate surface area is 127 Å². The monoisotopic (exact) mass is 309 g/mol. The average molecular weight is 309 g/mol. The Hall–Kier alpha value is -1.21. The van der Waals surface area contributed by atoms with E-state index in [0.717, 1.165) is 36.3 Å². The lowest BCUT2D eigenvalue weighted by molar-refractivity contribution is 0.726. The number of thiazole rings is 1. The minimum absolute atomic E-state index is 0.659. The third-order valence-electron chi connectivity index (χ3n) is 3.67. The molecule has 0 unspecified atom stereocenters. The van der Waals surface area contributed by atoms with Crippen molar-refractivity contribution < 1.29 is 0 Å². The number of nitrogens with one attached hydrogen (secondary N) is 1. The molecule has 0 radical (unpaired) electrons. The molecule has 1 N–H and O–H groups in total. The zero-order valence-electron chi connectivity index (χ0n) is 11.6. The fraction of sp³-hybridized carbons (Fsp3) is 0.615. The highest BCUT2D eigenvalue weighted by molar-refractivity contribution is 7.71. The first kappa shape index (κ1) is 13.8. The van der Waals surface area contributed by atoms with Gasteiger partial charge in [-0.05, 0) is 32.0 Å². The van der Waals surface area contributed by atoms with Gasteiger partial charge in [-0.15, -0.1) is 11.3 Å². The lowest BCUT2D eigenvalue weighted by atomic mass is 10.2. The van der Waals surface area contributed by atoms with Crippen molar-refractivity contribution in [1.82, 2.24) is 19.7 Å². The van der Waals surface area contributed by atoms with Crippen LogP contribution in [0, 0.1) is 4.77 Å². The van der Waals surface area contributed by atoms with E-state index in [-0.39, 0.29) is 0 Å². The van der Waals surface area contributed by atoms with E-state index in [4.69, 9.17) is 17.2 Å². The Bertz CT molecular complexity index is 619. The average Bonchev–Trinajstić information content (AvgIpc) is 2.97. The molecule has 0 aromatic carbocycles. The molecule has 0 aliphatic carbocycles. The Morgan fingerprint density at radius 3 is 2.75 bits per heavy atom. The maximum Gasteiger partial charge on any atom is 0.195 e. The van der Waals surface area contributed by atoms with Gasteiger partial charge in [-0.3, -0.25) is 9.67 Å². The number of rotatable bonds is 3. The Kier molecular flexibility index (Phi) is 4.16. The summed E-state index contributed by atoms with van der Waals surface area (Å²) in [5, 5.41) is 10.3. The van der Waals surface area contributed by atoms with E-state index in [9.17, 15) is 0 Å². The summed E-state index contributed by atoms with van der Waals surface area (Å²) in [6.07, 6.45) is 5.21. The molecule has 3 heterocycles. The van der Waals surface area contributed by atoms with Crippen LogP contribution in [0.2, 0.25) is 0 Å². The molecule has 0 atom stereocenters. The first-order valence-electron chi connectivity index (χ1n) is 7.15.